The van der Waals surface area contributed by atoms with Crippen molar-refractivity contribution in [3.05, 3.63) is 35.4 Å². The summed E-state index contributed by atoms with van der Waals surface area (Å²) in [4.78, 5) is 11.5. The van der Waals surface area contributed by atoms with Crippen molar-refractivity contribution in [1.82, 2.24) is 5.32 Å². The lowest BCUT2D eigenvalue weighted by atomic mass is 10.1. The second-order valence-electron chi connectivity index (χ2n) is 4.36. The van der Waals surface area contributed by atoms with E-state index in [4.69, 9.17) is 10.5 Å². The van der Waals surface area contributed by atoms with Gasteiger partial charge in [-0.15, -0.1) is 0 Å². The summed E-state index contributed by atoms with van der Waals surface area (Å²) >= 11 is 0. The molecule has 0 spiro atoms. The number of carbonyl (C=O) groups is 1. The predicted octanol–water partition coefficient (Wildman–Crippen LogP) is 1.58. The number of amides is 1. The topological polar surface area (TPSA) is 64.3 Å². The zero-order chi connectivity index (χ0) is 13.4. The molecule has 4 nitrogen and oxygen atoms in total. The molecule has 1 amide bonds. The van der Waals surface area contributed by atoms with Gasteiger partial charge in [-0.05, 0) is 25.0 Å². The Morgan fingerprint density at radius 3 is 2.67 bits per heavy atom. The molecule has 0 aromatic heterocycles. The molecular formula is C14H22N2O2. The second kappa shape index (κ2) is 7.84. The van der Waals surface area contributed by atoms with Crippen LogP contribution in [-0.2, 0) is 22.7 Å². The number of rotatable bonds is 7. The molecule has 1 aromatic carbocycles. The number of ether oxygens (including phenoxy) is 1. The van der Waals surface area contributed by atoms with Gasteiger partial charge in [-0.2, -0.15) is 0 Å². The first kappa shape index (κ1) is 14.7. The van der Waals surface area contributed by atoms with Crippen LogP contribution in [0.2, 0.25) is 0 Å². The summed E-state index contributed by atoms with van der Waals surface area (Å²) in [5, 5.41) is 2.87. The van der Waals surface area contributed by atoms with Crippen LogP contribution in [0.3, 0.4) is 0 Å². The van der Waals surface area contributed by atoms with Crippen molar-refractivity contribution >= 4 is 5.91 Å². The maximum absolute atomic E-state index is 11.5. The van der Waals surface area contributed by atoms with Gasteiger partial charge >= 0.3 is 0 Å². The quantitative estimate of drug-likeness (QED) is 0.772. The molecule has 0 aliphatic carbocycles. The van der Waals surface area contributed by atoms with E-state index in [1.807, 2.05) is 38.1 Å². The molecule has 0 saturated heterocycles. The van der Waals surface area contributed by atoms with E-state index in [2.05, 4.69) is 5.32 Å². The second-order valence-corrected chi connectivity index (χ2v) is 4.36. The van der Waals surface area contributed by atoms with Gasteiger partial charge in [0, 0.05) is 25.6 Å². The van der Waals surface area contributed by atoms with Crippen molar-refractivity contribution in [2.45, 2.75) is 39.5 Å². The van der Waals surface area contributed by atoms with Crippen LogP contribution >= 0.6 is 0 Å². The standard InChI is InChI=1S/C14H22N2O2/c1-3-18-10-13-7-5-4-6-12(13)9-16-14(17)8-11(2)15/h4-7,11H,3,8-10,15H2,1-2H3,(H,16,17). The fourth-order valence-corrected chi connectivity index (χ4v) is 1.64. The molecule has 0 fully saturated rings. The van der Waals surface area contributed by atoms with Crippen LogP contribution in [0.5, 0.6) is 0 Å². The van der Waals surface area contributed by atoms with E-state index >= 15 is 0 Å². The molecule has 1 unspecified atom stereocenters. The number of hydrogen-bond acceptors (Lipinski definition) is 3. The Balaban J connectivity index is 2.53. The summed E-state index contributed by atoms with van der Waals surface area (Å²) in [5.41, 5.74) is 7.78. The Morgan fingerprint density at radius 2 is 2.06 bits per heavy atom. The Labute approximate surface area is 109 Å². The van der Waals surface area contributed by atoms with E-state index < -0.39 is 0 Å². The van der Waals surface area contributed by atoms with Crippen LogP contribution in [-0.4, -0.2) is 18.6 Å². The van der Waals surface area contributed by atoms with E-state index in [1.54, 1.807) is 0 Å². The lowest BCUT2D eigenvalue weighted by Gasteiger charge is -2.11. The normalized spacial score (nSPS) is 12.2. The van der Waals surface area contributed by atoms with E-state index in [1.165, 1.54) is 0 Å². The average molecular weight is 250 g/mol. The van der Waals surface area contributed by atoms with Gasteiger partial charge in [0.1, 0.15) is 0 Å². The summed E-state index contributed by atoms with van der Waals surface area (Å²) in [5.74, 6) is -0.0174. The van der Waals surface area contributed by atoms with Crippen LogP contribution in [0.25, 0.3) is 0 Å². The smallest absolute Gasteiger partial charge is 0.221 e. The zero-order valence-electron chi connectivity index (χ0n) is 11.1. The highest BCUT2D eigenvalue weighted by Crippen LogP contribution is 2.10. The molecule has 0 heterocycles. The van der Waals surface area contributed by atoms with Gasteiger partial charge in [0.2, 0.25) is 5.91 Å². The molecule has 18 heavy (non-hydrogen) atoms. The Morgan fingerprint density at radius 1 is 1.39 bits per heavy atom. The molecule has 0 aliphatic heterocycles. The zero-order valence-corrected chi connectivity index (χ0v) is 11.1. The highest BCUT2D eigenvalue weighted by Gasteiger charge is 2.06. The van der Waals surface area contributed by atoms with Crippen LogP contribution in [0.4, 0.5) is 0 Å². The minimum Gasteiger partial charge on any atom is -0.377 e. The van der Waals surface area contributed by atoms with Crippen molar-refractivity contribution in [1.29, 1.82) is 0 Å². The lowest BCUT2D eigenvalue weighted by Crippen LogP contribution is -2.29. The van der Waals surface area contributed by atoms with Gasteiger partial charge in [0.15, 0.2) is 0 Å². The third-order valence-electron chi connectivity index (χ3n) is 2.56. The molecule has 0 aliphatic rings. The third kappa shape index (κ3) is 5.29. The molecule has 4 heteroatoms. The minimum absolute atomic E-state index is 0.0174. The maximum atomic E-state index is 11.5. The first-order chi connectivity index (χ1) is 8.63. The molecule has 1 atom stereocenters. The van der Waals surface area contributed by atoms with Gasteiger partial charge < -0.3 is 15.8 Å². The Kier molecular flexibility index (Phi) is 6.39. The van der Waals surface area contributed by atoms with Crippen LogP contribution in [0, 0.1) is 0 Å². The number of carbonyl (C=O) groups excluding carboxylic acids is 1. The maximum Gasteiger partial charge on any atom is 0.221 e. The van der Waals surface area contributed by atoms with E-state index in [0.717, 1.165) is 11.1 Å². The number of hydrogen-bond donors (Lipinski definition) is 2. The summed E-state index contributed by atoms with van der Waals surface area (Å²) in [6, 6.07) is 7.84. The molecule has 1 rings (SSSR count). The fourth-order valence-electron chi connectivity index (χ4n) is 1.64. The van der Waals surface area contributed by atoms with Crippen molar-refractivity contribution in [3.8, 4) is 0 Å². The van der Waals surface area contributed by atoms with E-state index in [0.29, 0.717) is 26.2 Å². The van der Waals surface area contributed by atoms with Gasteiger partial charge in [-0.1, -0.05) is 24.3 Å². The van der Waals surface area contributed by atoms with Crippen LogP contribution in [0.1, 0.15) is 31.4 Å². The lowest BCUT2D eigenvalue weighted by molar-refractivity contribution is -0.121. The SMILES string of the molecule is CCOCc1ccccc1CNC(=O)CC(C)N. The van der Waals surface area contributed by atoms with Crippen molar-refractivity contribution in [2.24, 2.45) is 5.73 Å². The van der Waals surface area contributed by atoms with Gasteiger partial charge in [-0.25, -0.2) is 0 Å². The van der Waals surface area contributed by atoms with E-state index in [-0.39, 0.29) is 11.9 Å². The van der Waals surface area contributed by atoms with Crippen LogP contribution in [0.15, 0.2) is 24.3 Å². The Hall–Kier alpha value is -1.39. The monoisotopic (exact) mass is 250 g/mol. The molecule has 3 N–H and O–H groups in total. The third-order valence-corrected chi connectivity index (χ3v) is 2.56. The highest BCUT2D eigenvalue weighted by atomic mass is 16.5. The van der Waals surface area contributed by atoms with Crippen molar-refractivity contribution in [3.63, 3.8) is 0 Å². The molecule has 0 saturated carbocycles. The molecule has 100 valence electrons. The summed E-state index contributed by atoms with van der Waals surface area (Å²) in [7, 11) is 0. The van der Waals surface area contributed by atoms with Crippen LogP contribution < -0.4 is 11.1 Å². The van der Waals surface area contributed by atoms with Gasteiger partial charge in [0.05, 0.1) is 6.61 Å². The van der Waals surface area contributed by atoms with Gasteiger partial charge in [-0.3, -0.25) is 4.79 Å². The Bertz CT molecular complexity index is 378. The fraction of sp³-hybridized carbons (Fsp3) is 0.500. The summed E-state index contributed by atoms with van der Waals surface area (Å²) in [6.07, 6.45) is 0.355. The molecule has 0 radical (unpaired) electrons. The average Bonchev–Trinajstić information content (AvgIpc) is 2.34. The first-order valence-electron chi connectivity index (χ1n) is 6.30. The number of nitrogens with one attached hydrogen (secondary N) is 1. The van der Waals surface area contributed by atoms with Crippen molar-refractivity contribution < 1.29 is 9.53 Å². The van der Waals surface area contributed by atoms with Gasteiger partial charge in [0.25, 0.3) is 0 Å². The predicted molar refractivity (Wildman–Crippen MR) is 71.9 cm³/mol. The minimum atomic E-state index is -0.108. The number of nitrogens with two attached hydrogens (primary N) is 1. The highest BCUT2D eigenvalue weighted by molar-refractivity contribution is 5.76. The number of benzene rings is 1. The first-order valence-corrected chi connectivity index (χ1v) is 6.30. The van der Waals surface area contributed by atoms with Crippen molar-refractivity contribution in [2.75, 3.05) is 6.61 Å². The summed E-state index contributed by atoms with van der Waals surface area (Å²) < 4.78 is 5.40. The molecule has 1 aromatic rings. The molecule has 0 bridgehead atoms. The largest absolute Gasteiger partial charge is 0.377 e. The summed E-state index contributed by atoms with van der Waals surface area (Å²) in [6.45, 7) is 5.58. The molecular weight excluding hydrogens is 228 g/mol. The van der Waals surface area contributed by atoms with E-state index in [9.17, 15) is 4.79 Å².